The molecular weight excluding hydrogens is 276 g/mol. The van der Waals surface area contributed by atoms with Gasteiger partial charge in [0, 0.05) is 26.2 Å². The van der Waals surface area contributed by atoms with Crippen molar-refractivity contribution in [2.75, 3.05) is 32.8 Å². The Kier molecular flexibility index (Phi) is 7.27. The molecule has 1 amide bonds. The van der Waals surface area contributed by atoms with Gasteiger partial charge in [0.05, 0.1) is 19.1 Å². The highest BCUT2D eigenvalue weighted by Gasteiger charge is 2.37. The molecule has 4 nitrogen and oxygen atoms in total. The normalized spacial score (nSPS) is 26.5. The van der Waals surface area contributed by atoms with Crippen LogP contribution in [0.4, 0.5) is 0 Å². The number of fused-ring (bicyclic) bond motifs is 1. The van der Waals surface area contributed by atoms with Gasteiger partial charge >= 0.3 is 0 Å². The largest absolute Gasteiger partial charge is 0.378 e. The Morgan fingerprint density at radius 1 is 1.25 bits per heavy atom. The third kappa shape index (κ3) is 4.90. The van der Waals surface area contributed by atoms with Crippen LogP contribution in [0.5, 0.6) is 0 Å². The molecule has 2 aliphatic heterocycles. The molecule has 0 aliphatic carbocycles. The lowest BCUT2D eigenvalue weighted by molar-refractivity contribution is -0.132. The molecule has 1 N–H and O–H groups in total. The minimum Gasteiger partial charge on any atom is -0.378 e. The summed E-state index contributed by atoms with van der Waals surface area (Å²) in [5.74, 6) is 2.29. The second kappa shape index (κ2) is 8.20. The van der Waals surface area contributed by atoms with Crippen LogP contribution >= 0.6 is 12.4 Å². The number of hydrogen-bond donors (Lipinski definition) is 1. The van der Waals surface area contributed by atoms with Crippen LogP contribution in [-0.4, -0.2) is 49.7 Å². The number of halogens is 1. The fourth-order valence-corrected chi connectivity index (χ4v) is 3.30. The summed E-state index contributed by atoms with van der Waals surface area (Å²) in [6, 6.07) is 0. The Bertz CT molecular complexity index is 300. The first-order valence-electron chi connectivity index (χ1n) is 7.66. The predicted octanol–water partition coefficient (Wildman–Crippen LogP) is 1.93. The van der Waals surface area contributed by atoms with E-state index in [1.165, 1.54) is 0 Å². The van der Waals surface area contributed by atoms with Crippen molar-refractivity contribution in [3.8, 4) is 0 Å². The molecule has 5 heteroatoms. The summed E-state index contributed by atoms with van der Waals surface area (Å²) in [6.07, 6.45) is 1.86. The first-order chi connectivity index (χ1) is 9.06. The number of amides is 1. The first-order valence-corrected chi connectivity index (χ1v) is 7.66. The summed E-state index contributed by atoms with van der Waals surface area (Å²) >= 11 is 0. The van der Waals surface area contributed by atoms with Crippen LogP contribution in [0, 0.1) is 17.8 Å². The van der Waals surface area contributed by atoms with Crippen molar-refractivity contribution >= 4 is 18.3 Å². The molecule has 0 aromatic carbocycles. The van der Waals surface area contributed by atoms with Crippen molar-refractivity contribution in [1.82, 2.24) is 10.2 Å². The van der Waals surface area contributed by atoms with Gasteiger partial charge in [0.2, 0.25) is 5.91 Å². The van der Waals surface area contributed by atoms with Crippen molar-refractivity contribution in [2.45, 2.75) is 39.7 Å². The number of hydrogen-bond acceptors (Lipinski definition) is 3. The minimum atomic E-state index is 0. The van der Waals surface area contributed by atoms with Crippen LogP contribution in [0.25, 0.3) is 0 Å². The molecular formula is C15H29ClN2O2. The number of nitrogens with zero attached hydrogens (tertiary/aromatic N) is 1. The molecule has 2 aliphatic rings. The van der Waals surface area contributed by atoms with Gasteiger partial charge in [-0.05, 0) is 31.1 Å². The average molecular weight is 305 g/mol. The average Bonchev–Trinajstić information content (AvgIpc) is 2.87. The van der Waals surface area contributed by atoms with E-state index in [1.807, 2.05) is 4.90 Å². The number of nitrogens with one attached hydrogen (secondary N) is 1. The van der Waals surface area contributed by atoms with E-state index in [-0.39, 0.29) is 24.4 Å². The van der Waals surface area contributed by atoms with Crippen molar-refractivity contribution in [3.63, 3.8) is 0 Å². The summed E-state index contributed by atoms with van der Waals surface area (Å²) in [6.45, 7) is 11.1. The summed E-state index contributed by atoms with van der Waals surface area (Å²) in [5.41, 5.74) is 0. The molecule has 2 rings (SSSR count). The van der Waals surface area contributed by atoms with E-state index < -0.39 is 0 Å². The fraction of sp³-hybridized carbons (Fsp3) is 0.933. The molecule has 0 aromatic rings. The van der Waals surface area contributed by atoms with Crippen LogP contribution < -0.4 is 5.32 Å². The highest BCUT2D eigenvalue weighted by atomic mass is 35.5. The van der Waals surface area contributed by atoms with Gasteiger partial charge in [-0.2, -0.15) is 0 Å². The van der Waals surface area contributed by atoms with Gasteiger partial charge in [-0.3, -0.25) is 4.79 Å². The zero-order valence-corrected chi connectivity index (χ0v) is 13.7. The molecule has 20 heavy (non-hydrogen) atoms. The molecule has 0 spiro atoms. The minimum absolute atomic E-state index is 0. The van der Waals surface area contributed by atoms with E-state index in [9.17, 15) is 4.79 Å². The van der Waals surface area contributed by atoms with Crippen molar-refractivity contribution in [3.05, 3.63) is 0 Å². The van der Waals surface area contributed by atoms with Crippen LogP contribution in [-0.2, 0) is 9.53 Å². The van der Waals surface area contributed by atoms with Gasteiger partial charge in [0.1, 0.15) is 0 Å². The topological polar surface area (TPSA) is 41.6 Å². The Morgan fingerprint density at radius 2 is 1.85 bits per heavy atom. The third-order valence-electron chi connectivity index (χ3n) is 4.26. The van der Waals surface area contributed by atoms with Crippen molar-refractivity contribution in [1.29, 1.82) is 0 Å². The Morgan fingerprint density at radius 3 is 2.40 bits per heavy atom. The van der Waals surface area contributed by atoms with Gasteiger partial charge < -0.3 is 15.0 Å². The maximum absolute atomic E-state index is 12.1. The van der Waals surface area contributed by atoms with Crippen molar-refractivity contribution < 1.29 is 9.53 Å². The first kappa shape index (κ1) is 17.7. The van der Waals surface area contributed by atoms with Gasteiger partial charge in [-0.15, -0.1) is 12.4 Å². The standard InChI is InChI=1S/C15H28N2O2.ClH/c1-11(2)6-12(3)19-5-4-15(18)17-9-13-7-16-8-14(13)10-17;/h11-14,16H,4-10H2,1-3H3;1H/t12?,13-,14+;. The van der Waals surface area contributed by atoms with E-state index >= 15 is 0 Å². The molecule has 118 valence electrons. The predicted molar refractivity (Wildman–Crippen MR) is 83.2 cm³/mol. The lowest BCUT2D eigenvalue weighted by Gasteiger charge is -2.19. The van der Waals surface area contributed by atoms with Gasteiger partial charge in [-0.25, -0.2) is 0 Å². The number of likely N-dealkylation sites (tertiary alicyclic amines) is 1. The summed E-state index contributed by atoms with van der Waals surface area (Å²) < 4.78 is 5.72. The molecule has 3 atom stereocenters. The van der Waals surface area contributed by atoms with Crippen LogP contribution in [0.15, 0.2) is 0 Å². The molecule has 0 bridgehead atoms. The van der Waals surface area contributed by atoms with Crippen LogP contribution in [0.3, 0.4) is 0 Å². The SMILES string of the molecule is CC(C)CC(C)OCCC(=O)N1C[C@H]2CNC[C@H]2C1.Cl. The molecule has 0 aromatic heterocycles. The Labute approximate surface area is 129 Å². The summed E-state index contributed by atoms with van der Waals surface area (Å²) in [7, 11) is 0. The Hall–Kier alpha value is -0.320. The van der Waals surface area contributed by atoms with Crippen LogP contribution in [0.1, 0.15) is 33.6 Å². The zero-order chi connectivity index (χ0) is 13.8. The Balaban J connectivity index is 0.00000200. The van der Waals surface area contributed by atoms with E-state index in [4.69, 9.17) is 4.74 Å². The molecule has 1 unspecified atom stereocenters. The monoisotopic (exact) mass is 304 g/mol. The second-order valence-corrected chi connectivity index (χ2v) is 6.54. The molecule has 0 saturated carbocycles. The maximum atomic E-state index is 12.1. The van der Waals surface area contributed by atoms with E-state index in [1.54, 1.807) is 0 Å². The fourth-order valence-electron chi connectivity index (χ4n) is 3.30. The molecule has 2 heterocycles. The number of rotatable bonds is 6. The number of carbonyl (C=O) groups is 1. The van der Waals surface area contributed by atoms with E-state index in [2.05, 4.69) is 26.1 Å². The highest BCUT2D eigenvalue weighted by molar-refractivity contribution is 5.85. The summed E-state index contributed by atoms with van der Waals surface area (Å²) in [5, 5.41) is 3.40. The third-order valence-corrected chi connectivity index (χ3v) is 4.26. The lowest BCUT2D eigenvalue weighted by Crippen LogP contribution is -2.32. The number of ether oxygens (including phenoxy) is 1. The lowest BCUT2D eigenvalue weighted by atomic mass is 10.0. The summed E-state index contributed by atoms with van der Waals surface area (Å²) in [4.78, 5) is 14.1. The second-order valence-electron chi connectivity index (χ2n) is 6.54. The van der Waals surface area contributed by atoms with Gasteiger partial charge in [0.15, 0.2) is 0 Å². The molecule has 0 radical (unpaired) electrons. The van der Waals surface area contributed by atoms with Gasteiger partial charge in [-0.1, -0.05) is 13.8 Å². The van der Waals surface area contributed by atoms with Gasteiger partial charge in [0.25, 0.3) is 0 Å². The maximum Gasteiger partial charge on any atom is 0.224 e. The number of carbonyl (C=O) groups excluding carboxylic acids is 1. The molecule has 2 fully saturated rings. The van der Waals surface area contributed by atoms with Crippen molar-refractivity contribution in [2.24, 2.45) is 17.8 Å². The highest BCUT2D eigenvalue weighted by Crippen LogP contribution is 2.26. The smallest absolute Gasteiger partial charge is 0.224 e. The van der Waals surface area contributed by atoms with E-state index in [0.717, 1.165) is 32.6 Å². The van der Waals surface area contributed by atoms with E-state index in [0.29, 0.717) is 30.8 Å². The molecule has 2 saturated heterocycles. The van der Waals surface area contributed by atoms with Crippen LogP contribution in [0.2, 0.25) is 0 Å². The quantitative estimate of drug-likeness (QED) is 0.815. The zero-order valence-electron chi connectivity index (χ0n) is 12.9.